The van der Waals surface area contributed by atoms with Gasteiger partial charge in [0.15, 0.2) is 0 Å². The summed E-state index contributed by atoms with van der Waals surface area (Å²) in [5.74, 6) is -6.29. The van der Waals surface area contributed by atoms with Crippen LogP contribution in [0.3, 0.4) is 0 Å². The van der Waals surface area contributed by atoms with Gasteiger partial charge in [0.05, 0.1) is 40.4 Å². The molecular weight excluding hydrogens is 1350 g/mol. The Hall–Kier alpha value is -1.54. The molecule has 0 aliphatic heterocycles. The lowest BCUT2D eigenvalue weighted by Gasteiger charge is -2.53. The van der Waals surface area contributed by atoms with Crippen molar-refractivity contribution in [3.05, 3.63) is 0 Å². The maximum atomic E-state index is 13.0. The summed E-state index contributed by atoms with van der Waals surface area (Å²) in [6, 6.07) is 0. The largest absolute Gasteiger partial charge is 0.394 e. The molecule has 8 saturated carbocycles. The fraction of sp³-hybridized carbons (Fsp3) is 1.00. The second kappa shape index (κ2) is 48.0. The van der Waals surface area contributed by atoms with E-state index in [1.54, 1.807) is 34.6 Å². The van der Waals surface area contributed by atoms with Gasteiger partial charge < -0.3 is 0 Å². The number of hydrogen-bond donors (Lipinski definition) is 0. The highest BCUT2D eigenvalue weighted by molar-refractivity contribution is 5.12. The second-order valence-corrected chi connectivity index (χ2v) is 31.4. The van der Waals surface area contributed by atoms with Gasteiger partial charge in [0, 0.05) is 13.7 Å². The molecule has 0 heterocycles. The maximum Gasteiger partial charge on any atom is 0.394 e. The van der Waals surface area contributed by atoms with Crippen molar-refractivity contribution in [2.24, 2.45) is 111 Å². The highest BCUT2D eigenvalue weighted by Gasteiger charge is 2.72. The Morgan fingerprint density at radius 1 is 0.390 bits per heavy atom. The molecule has 608 valence electrons. The Morgan fingerprint density at radius 3 is 0.960 bits per heavy atom. The van der Waals surface area contributed by atoms with Crippen LogP contribution in [0.2, 0.25) is 0 Å². The zero-order chi connectivity index (χ0) is 88.6. The standard InChI is InChI=1S/C10H14F6.C9H13F3.2C9H15F3.C8H15F.C8H16.C6H11F3.C5H9F3.2C5H12.C4H10/c1-5-3-6(2)8(10(14,15)16)7(4-5)9(11,12)13;1-5-6-3-4-7(5)8(6,2)9(10,11)12;1-6-3-7(2)5-8(4-6)9(10,11)12;1-7-3-5-8(2,6-4-7)9(10,11)12;1-7-3-5-8(2,9)6-4-7;1-7-3-5-8(2)6-4-7;1-3-4-5(2)6(7,8)9;1-3-4(2)5(6,7)8;1-4-5(2)3;1-3-5-4-2;1-3-4-2/h5-8H,3-4H2,1-2H3;5-7H,3-4H2,1-2H3;6-8H,3-5H2,1-2H3;7H,3-6H2,1-2H3;7H,3-6H2,1-2H3;7-8H,3-6H2,1-2H3;5H,3-4H2,1-2H3;4H,3H2,1-2H3;5H,4H2,1-3H3;3-5H2,1-2H3;3-4H2,1-2H3/t5-,6?,7?,8?;5?,6-,7+,8?;6-,7?,8?;;;;;;;;/m0.0......../s1/i;;;;;;2*3D2;4D2;2*3D2. The topological polar surface area (TPSA) is 0 Å². The van der Waals surface area contributed by atoms with E-state index in [0.29, 0.717) is 50.4 Å². The Kier molecular flexibility index (Phi) is 41.1. The molecule has 8 aliphatic rings. The van der Waals surface area contributed by atoms with Crippen molar-refractivity contribution in [1.29, 1.82) is 0 Å². The lowest BCUT2D eigenvalue weighted by molar-refractivity contribution is -0.291. The number of hydrogen-bond acceptors (Lipinski definition) is 0. The minimum Gasteiger partial charge on any atom is -0.244 e. The Balaban J connectivity index is -0.000000568. The first-order chi connectivity index (χ1) is 48.4. The van der Waals surface area contributed by atoms with Crippen LogP contribution in [-0.2, 0) is 0 Å². The fourth-order valence-corrected chi connectivity index (χ4v) is 13.7. The highest BCUT2D eigenvalue weighted by atomic mass is 19.4. The van der Waals surface area contributed by atoms with Gasteiger partial charge in [-0.1, -0.05) is 223 Å². The van der Waals surface area contributed by atoms with Crippen LogP contribution in [0.4, 0.5) is 96.6 Å². The first kappa shape index (κ1) is 85.7. The predicted molar refractivity (Wildman–Crippen MR) is 370 cm³/mol. The highest BCUT2D eigenvalue weighted by Crippen LogP contribution is 2.71. The first-order valence-corrected chi connectivity index (χ1v) is 36.6. The van der Waals surface area contributed by atoms with Crippen molar-refractivity contribution in [2.45, 2.75) is 388 Å². The summed E-state index contributed by atoms with van der Waals surface area (Å²) in [6.45, 7) is 38.3. The number of fused-ring (bicyclic) bond motifs is 1. The van der Waals surface area contributed by atoms with Crippen molar-refractivity contribution >= 4 is 0 Å². The fourth-order valence-electron chi connectivity index (χ4n) is 13.7. The molecule has 0 radical (unpaired) electrons. The molecule has 0 nitrogen and oxygen atoms in total. The third kappa shape index (κ3) is 42.7. The Bertz CT molecular complexity index is 2340. The lowest BCUT2D eigenvalue weighted by atomic mass is 9.53. The lowest BCUT2D eigenvalue weighted by Crippen LogP contribution is -2.56. The van der Waals surface area contributed by atoms with E-state index in [0.717, 1.165) is 110 Å². The molecule has 13 atom stereocenters. The van der Waals surface area contributed by atoms with Crippen molar-refractivity contribution in [3.8, 4) is 0 Å². The van der Waals surface area contributed by atoms with E-state index in [1.165, 1.54) is 46.5 Å². The molecule has 22 heteroatoms. The zero-order valence-corrected chi connectivity index (χ0v) is 64.9. The van der Waals surface area contributed by atoms with Gasteiger partial charge in [-0.25, -0.2) is 4.39 Å². The first-order valence-electron chi connectivity index (χ1n) is 41.6. The third-order valence-electron chi connectivity index (χ3n) is 21.2. The number of alkyl halides is 22. The zero-order valence-electron chi connectivity index (χ0n) is 74.9. The molecule has 8 rings (SSSR count). The van der Waals surface area contributed by atoms with E-state index in [2.05, 4.69) is 20.8 Å². The molecule has 8 fully saturated rings. The van der Waals surface area contributed by atoms with E-state index in [9.17, 15) is 96.6 Å². The molecule has 9 unspecified atom stereocenters. The molecule has 0 aromatic rings. The maximum absolute atomic E-state index is 13.0. The molecular formula is C78H142F22. The molecule has 0 aromatic carbocycles. The molecule has 0 saturated heterocycles. The minimum atomic E-state index is -4.76. The normalized spacial score (nSPS) is 34.8. The van der Waals surface area contributed by atoms with Crippen molar-refractivity contribution in [3.63, 3.8) is 0 Å². The van der Waals surface area contributed by atoms with Crippen LogP contribution >= 0.6 is 0 Å². The average molecular weight is 1510 g/mol. The Labute approximate surface area is 608 Å². The number of halogens is 22. The van der Waals surface area contributed by atoms with Gasteiger partial charge >= 0.3 is 43.2 Å². The molecule has 2 bridgehead atoms. The third-order valence-corrected chi connectivity index (χ3v) is 21.2. The average Bonchev–Trinajstić information content (AvgIpc) is 1.52. The number of rotatable bonds is 7. The van der Waals surface area contributed by atoms with Crippen molar-refractivity contribution in [1.82, 2.24) is 0 Å². The summed E-state index contributed by atoms with van der Waals surface area (Å²) in [5.41, 5.74) is -3.58. The van der Waals surface area contributed by atoms with E-state index in [-0.39, 0.29) is 41.9 Å². The molecule has 100 heavy (non-hydrogen) atoms. The summed E-state index contributed by atoms with van der Waals surface area (Å²) in [7, 11) is 0. The van der Waals surface area contributed by atoms with E-state index < -0.39 is 140 Å². The van der Waals surface area contributed by atoms with Crippen molar-refractivity contribution in [2.75, 3.05) is 0 Å². The van der Waals surface area contributed by atoms with Gasteiger partial charge in [0.1, 0.15) is 5.67 Å². The van der Waals surface area contributed by atoms with Crippen LogP contribution in [0.5, 0.6) is 0 Å². The molecule has 0 spiro atoms. The summed E-state index contributed by atoms with van der Waals surface area (Å²) in [6.07, 6.45) is -20.7. The van der Waals surface area contributed by atoms with Crippen molar-refractivity contribution < 1.29 is 110 Å². The van der Waals surface area contributed by atoms with E-state index in [1.807, 2.05) is 55.4 Å². The molecule has 0 N–H and O–H groups in total. The van der Waals surface area contributed by atoms with Crippen LogP contribution in [0, 0.1) is 111 Å². The summed E-state index contributed by atoms with van der Waals surface area (Å²) in [4.78, 5) is 0. The molecule has 0 aromatic heterocycles. The second-order valence-electron chi connectivity index (χ2n) is 31.4. The monoisotopic (exact) mass is 1510 g/mol. The SMILES string of the molecule is CC1CC(C(F)(F)F)C[C@@H](C)C1.CC1CCC(C)(C(F)(F)F)CC1.CC1CCC(C)(F)CC1.CC1CCC(C)CC1.CC1C[C@H](C)CC(C(F)(F)F)C1C(F)(F)F.CC1[C@H]2CC[C@@H]1C2(C)C(F)(F)F.[2H]C([2H])(C)C(C)C.[2H]C([2H])(C)C(C)C(F)(F)F.[2H]C([2H])(C)CC.[2H]C([2H])(C)CC(C)C(F)(F)F.[2H]C([2H])(C)CCC. The summed E-state index contributed by atoms with van der Waals surface area (Å²) >= 11 is 0. The van der Waals surface area contributed by atoms with Gasteiger partial charge in [0.2, 0.25) is 0 Å². The van der Waals surface area contributed by atoms with Crippen LogP contribution in [-0.4, -0.2) is 48.9 Å². The minimum absolute atomic E-state index is 0.0949. The van der Waals surface area contributed by atoms with Gasteiger partial charge in [-0.15, -0.1) is 0 Å². The smallest absolute Gasteiger partial charge is 0.244 e. The van der Waals surface area contributed by atoms with Crippen LogP contribution in [0.25, 0.3) is 0 Å². The Morgan fingerprint density at radius 2 is 0.750 bits per heavy atom. The molecule has 0 amide bonds. The van der Waals surface area contributed by atoms with Crippen LogP contribution in [0.15, 0.2) is 0 Å². The van der Waals surface area contributed by atoms with Gasteiger partial charge in [-0.3, -0.25) is 0 Å². The van der Waals surface area contributed by atoms with Crippen LogP contribution in [0.1, 0.15) is 352 Å². The quantitative estimate of drug-likeness (QED) is 0.223. The van der Waals surface area contributed by atoms with Crippen LogP contribution < -0.4 is 0 Å². The summed E-state index contributed by atoms with van der Waals surface area (Å²) in [5, 5.41) is 0. The molecule has 8 aliphatic carbocycles. The van der Waals surface area contributed by atoms with E-state index >= 15 is 0 Å². The van der Waals surface area contributed by atoms with Gasteiger partial charge in [-0.2, -0.15) is 92.2 Å². The van der Waals surface area contributed by atoms with E-state index in [4.69, 9.17) is 13.7 Å². The summed E-state index contributed by atoms with van der Waals surface area (Å²) < 4.78 is 340. The van der Waals surface area contributed by atoms with Gasteiger partial charge in [-0.05, 0) is 187 Å². The van der Waals surface area contributed by atoms with Gasteiger partial charge in [0.25, 0.3) is 0 Å². The predicted octanol–water partition coefficient (Wildman–Crippen LogP) is 32.4.